The van der Waals surface area contributed by atoms with Gasteiger partial charge in [-0.1, -0.05) is 0 Å². The Hall–Kier alpha value is -3.63. The molecule has 3 aromatic rings. The molecule has 0 unspecified atom stereocenters. The number of halogens is 1. The highest BCUT2D eigenvalue weighted by atomic mass is 32.2. The Bertz CT molecular complexity index is 1180. The Kier molecular flexibility index (Phi) is 8.44. The first-order valence-corrected chi connectivity index (χ1v) is 12.0. The number of nitrogens with one attached hydrogen (secondary N) is 2. The molecule has 0 aliphatic heterocycles. The molecule has 10 heteroatoms. The van der Waals surface area contributed by atoms with E-state index >= 15 is 0 Å². The van der Waals surface area contributed by atoms with Gasteiger partial charge in [-0.15, -0.1) is 0 Å². The lowest BCUT2D eigenvalue weighted by Gasteiger charge is -2.23. The number of amides is 2. The van der Waals surface area contributed by atoms with Gasteiger partial charge in [0.25, 0.3) is 0 Å². The van der Waals surface area contributed by atoms with Crippen LogP contribution in [0, 0.1) is 5.82 Å². The van der Waals surface area contributed by atoms with Crippen LogP contribution in [0.25, 0.3) is 0 Å². The summed E-state index contributed by atoms with van der Waals surface area (Å²) in [5.74, 6) is 0.757. The molecule has 3 aromatic carbocycles. The lowest BCUT2D eigenvalue weighted by Crippen LogP contribution is -2.41. The number of nitrogens with zero attached hydrogens (tertiary/aromatic N) is 1. The van der Waals surface area contributed by atoms with Crippen LogP contribution >= 0.6 is 0 Å². The quantitative estimate of drug-likeness (QED) is 0.446. The SMILES string of the molecule is CCOc1ccc(NC(=O)N(CCNS(=O)(=O)c2ccc(OC)cc2)c2ccc(F)cc2)cc1. The summed E-state index contributed by atoms with van der Waals surface area (Å²) in [6.45, 7) is 2.34. The predicted octanol–water partition coefficient (Wildman–Crippen LogP) is 4.25. The maximum atomic E-state index is 13.4. The normalized spacial score (nSPS) is 11.0. The first-order chi connectivity index (χ1) is 16.3. The van der Waals surface area contributed by atoms with Crippen molar-refractivity contribution >= 4 is 27.4 Å². The molecule has 0 heterocycles. The zero-order chi connectivity index (χ0) is 24.6. The van der Waals surface area contributed by atoms with Crippen LogP contribution in [0.3, 0.4) is 0 Å². The standard InChI is InChI=1S/C24H26FN3O5S/c1-3-33-22-10-6-19(7-11-22)27-24(29)28(20-8-4-18(25)5-9-20)17-16-26-34(30,31)23-14-12-21(32-2)13-15-23/h4-15,26H,3,16-17H2,1-2H3,(H,27,29). The van der Waals surface area contributed by atoms with Gasteiger partial charge in [0, 0.05) is 24.5 Å². The highest BCUT2D eigenvalue weighted by Gasteiger charge is 2.19. The van der Waals surface area contributed by atoms with E-state index < -0.39 is 21.9 Å². The molecule has 0 atom stereocenters. The number of methoxy groups -OCH3 is 1. The van der Waals surface area contributed by atoms with Gasteiger partial charge >= 0.3 is 6.03 Å². The zero-order valence-corrected chi connectivity index (χ0v) is 19.6. The molecule has 0 radical (unpaired) electrons. The lowest BCUT2D eigenvalue weighted by molar-refractivity contribution is 0.257. The van der Waals surface area contributed by atoms with Crippen molar-refractivity contribution in [2.45, 2.75) is 11.8 Å². The molecular weight excluding hydrogens is 461 g/mol. The van der Waals surface area contributed by atoms with Crippen LogP contribution in [0.15, 0.2) is 77.7 Å². The number of anilines is 2. The number of hydrogen-bond donors (Lipinski definition) is 2. The van der Waals surface area contributed by atoms with Crippen molar-refractivity contribution in [1.82, 2.24) is 4.72 Å². The topological polar surface area (TPSA) is 97.0 Å². The van der Waals surface area contributed by atoms with Crippen molar-refractivity contribution < 1.29 is 27.1 Å². The molecule has 8 nitrogen and oxygen atoms in total. The molecule has 0 aromatic heterocycles. The molecule has 2 N–H and O–H groups in total. The first kappa shape index (κ1) is 25.0. The van der Waals surface area contributed by atoms with Crippen molar-refractivity contribution in [2.24, 2.45) is 0 Å². The monoisotopic (exact) mass is 487 g/mol. The van der Waals surface area contributed by atoms with Gasteiger partial charge in [0.15, 0.2) is 0 Å². The number of benzene rings is 3. The van der Waals surface area contributed by atoms with Gasteiger partial charge in [0.1, 0.15) is 17.3 Å². The Morgan fingerprint density at radius 3 is 2.15 bits per heavy atom. The van der Waals surface area contributed by atoms with Crippen molar-refractivity contribution in [3.63, 3.8) is 0 Å². The highest BCUT2D eigenvalue weighted by Crippen LogP contribution is 2.20. The van der Waals surface area contributed by atoms with Crippen molar-refractivity contribution in [3.8, 4) is 11.5 Å². The van der Waals surface area contributed by atoms with Crippen LogP contribution in [-0.4, -0.2) is 41.3 Å². The Morgan fingerprint density at radius 1 is 0.941 bits per heavy atom. The minimum absolute atomic E-state index is 0.00385. The molecule has 3 rings (SSSR count). The van der Waals surface area contributed by atoms with E-state index in [1.807, 2.05) is 6.92 Å². The third-order valence-electron chi connectivity index (χ3n) is 4.80. The van der Waals surface area contributed by atoms with E-state index in [4.69, 9.17) is 9.47 Å². The van der Waals surface area contributed by atoms with Gasteiger partial charge < -0.3 is 14.8 Å². The molecule has 0 aliphatic rings. The van der Waals surface area contributed by atoms with E-state index in [9.17, 15) is 17.6 Å². The fourth-order valence-corrected chi connectivity index (χ4v) is 4.11. The summed E-state index contributed by atoms with van der Waals surface area (Å²) < 4.78 is 51.6. The molecule has 0 aliphatic carbocycles. The van der Waals surface area contributed by atoms with Gasteiger partial charge in [-0.2, -0.15) is 0 Å². The van der Waals surface area contributed by atoms with E-state index in [0.29, 0.717) is 29.5 Å². The second kappa shape index (κ2) is 11.5. The van der Waals surface area contributed by atoms with Gasteiger partial charge in [-0.05, 0) is 79.7 Å². The summed E-state index contributed by atoms with van der Waals surface area (Å²) in [5, 5.41) is 2.76. The van der Waals surface area contributed by atoms with Crippen molar-refractivity contribution in [2.75, 3.05) is 37.0 Å². The summed E-state index contributed by atoms with van der Waals surface area (Å²) in [6.07, 6.45) is 0. The van der Waals surface area contributed by atoms with Crippen LogP contribution in [0.2, 0.25) is 0 Å². The molecule has 34 heavy (non-hydrogen) atoms. The van der Waals surface area contributed by atoms with Gasteiger partial charge in [-0.25, -0.2) is 22.3 Å². The molecule has 0 saturated carbocycles. The number of hydrogen-bond acceptors (Lipinski definition) is 5. The van der Waals surface area contributed by atoms with Crippen molar-refractivity contribution in [1.29, 1.82) is 0 Å². The summed E-state index contributed by atoms with van der Waals surface area (Å²) in [4.78, 5) is 14.4. The predicted molar refractivity (Wildman–Crippen MR) is 129 cm³/mol. The summed E-state index contributed by atoms with van der Waals surface area (Å²) in [7, 11) is -2.31. The summed E-state index contributed by atoms with van der Waals surface area (Å²) >= 11 is 0. The molecule has 0 spiro atoms. The van der Waals surface area contributed by atoms with E-state index in [2.05, 4.69) is 10.0 Å². The van der Waals surface area contributed by atoms with Crippen molar-refractivity contribution in [3.05, 3.63) is 78.6 Å². The highest BCUT2D eigenvalue weighted by molar-refractivity contribution is 7.89. The summed E-state index contributed by atoms with van der Waals surface area (Å²) in [6, 6.07) is 17.6. The van der Waals surface area contributed by atoms with Crippen LogP contribution in [0.5, 0.6) is 11.5 Å². The maximum absolute atomic E-state index is 13.4. The third kappa shape index (κ3) is 6.69. The number of rotatable bonds is 10. The van der Waals surface area contributed by atoms with Gasteiger partial charge in [0.05, 0.1) is 18.6 Å². The van der Waals surface area contributed by atoms with Gasteiger partial charge in [0.2, 0.25) is 10.0 Å². The Balaban J connectivity index is 1.71. The van der Waals surface area contributed by atoms with E-state index in [1.54, 1.807) is 36.4 Å². The van der Waals surface area contributed by atoms with Crippen LogP contribution in [0.1, 0.15) is 6.92 Å². The minimum Gasteiger partial charge on any atom is -0.497 e. The van der Waals surface area contributed by atoms with Crippen LogP contribution in [0.4, 0.5) is 20.6 Å². The number of urea groups is 1. The first-order valence-electron chi connectivity index (χ1n) is 10.5. The second-order valence-electron chi connectivity index (χ2n) is 7.09. The molecule has 2 amide bonds. The van der Waals surface area contributed by atoms with Crippen LogP contribution < -0.4 is 24.4 Å². The van der Waals surface area contributed by atoms with E-state index in [0.717, 1.165) is 0 Å². The Morgan fingerprint density at radius 2 is 1.56 bits per heavy atom. The summed E-state index contributed by atoms with van der Waals surface area (Å²) in [5.41, 5.74) is 0.938. The third-order valence-corrected chi connectivity index (χ3v) is 6.27. The van der Waals surface area contributed by atoms with Gasteiger partial charge in [-0.3, -0.25) is 4.90 Å². The Labute approximate surface area is 198 Å². The molecule has 0 saturated heterocycles. The molecule has 180 valence electrons. The molecule has 0 fully saturated rings. The second-order valence-corrected chi connectivity index (χ2v) is 8.86. The molecular formula is C24H26FN3O5S. The lowest BCUT2D eigenvalue weighted by atomic mass is 10.2. The number of carbonyl (C=O) groups is 1. The smallest absolute Gasteiger partial charge is 0.326 e. The fraction of sp³-hybridized carbons (Fsp3) is 0.208. The fourth-order valence-electron chi connectivity index (χ4n) is 3.09. The van der Waals surface area contributed by atoms with E-state index in [-0.39, 0.29) is 18.0 Å². The zero-order valence-electron chi connectivity index (χ0n) is 18.8. The average Bonchev–Trinajstić information content (AvgIpc) is 2.84. The largest absolute Gasteiger partial charge is 0.497 e. The number of carbonyl (C=O) groups excluding carboxylic acids is 1. The number of ether oxygens (including phenoxy) is 2. The minimum atomic E-state index is -3.80. The maximum Gasteiger partial charge on any atom is 0.326 e. The van der Waals surface area contributed by atoms with E-state index in [1.165, 1.54) is 48.4 Å². The van der Waals surface area contributed by atoms with Crippen LogP contribution in [-0.2, 0) is 10.0 Å². The molecule has 0 bridgehead atoms. The average molecular weight is 488 g/mol. The number of sulfonamides is 1.